The lowest BCUT2D eigenvalue weighted by Gasteiger charge is -2.12. The minimum Gasteiger partial charge on any atom is -0.277 e. The van der Waals surface area contributed by atoms with Crippen molar-refractivity contribution in [3.8, 4) is 5.82 Å². The maximum absolute atomic E-state index is 12.8. The van der Waals surface area contributed by atoms with Crippen LogP contribution in [0.3, 0.4) is 0 Å². The number of pyridine rings is 1. The summed E-state index contributed by atoms with van der Waals surface area (Å²) in [5.41, 5.74) is 3.86. The lowest BCUT2D eigenvalue weighted by molar-refractivity contribution is 0.601. The Bertz CT molecular complexity index is 1280. The van der Waals surface area contributed by atoms with Crippen LogP contribution in [-0.4, -0.2) is 23.2 Å². The second-order valence-corrected chi connectivity index (χ2v) is 8.49. The van der Waals surface area contributed by atoms with Crippen molar-refractivity contribution in [3.63, 3.8) is 0 Å². The third-order valence-electron chi connectivity index (χ3n) is 4.51. The molecule has 4 aromatic rings. The highest BCUT2D eigenvalue weighted by Gasteiger charge is 2.16. The van der Waals surface area contributed by atoms with Gasteiger partial charge in [-0.25, -0.2) is 18.1 Å². The normalized spacial score (nSPS) is 11.7. The van der Waals surface area contributed by atoms with Crippen molar-refractivity contribution in [3.05, 3.63) is 77.6 Å². The van der Waals surface area contributed by atoms with Crippen molar-refractivity contribution in [2.75, 3.05) is 4.72 Å². The zero-order chi connectivity index (χ0) is 19.9. The largest absolute Gasteiger partial charge is 0.277 e. The molecule has 0 saturated carbocycles. The molecule has 0 fully saturated rings. The zero-order valence-electron chi connectivity index (χ0n) is 15.8. The first-order valence-corrected chi connectivity index (χ1v) is 10.3. The van der Waals surface area contributed by atoms with Crippen LogP contribution in [0.5, 0.6) is 0 Å². The predicted molar refractivity (Wildman–Crippen MR) is 110 cm³/mol. The number of para-hydroxylation sites is 1. The highest BCUT2D eigenvalue weighted by atomic mass is 32.2. The van der Waals surface area contributed by atoms with Crippen molar-refractivity contribution in [1.82, 2.24) is 14.8 Å². The molecule has 0 aliphatic carbocycles. The molecule has 2 heterocycles. The number of nitrogens with one attached hydrogen (secondary N) is 1. The Balaban J connectivity index is 1.80. The summed E-state index contributed by atoms with van der Waals surface area (Å²) in [6.45, 7) is 5.79. The fraction of sp³-hybridized carbons (Fsp3) is 0.143. The van der Waals surface area contributed by atoms with Gasteiger partial charge in [0.05, 0.1) is 21.8 Å². The molecule has 2 aromatic heterocycles. The smallest absolute Gasteiger partial charge is 0.261 e. The first-order valence-electron chi connectivity index (χ1n) is 8.86. The van der Waals surface area contributed by atoms with Gasteiger partial charge in [0, 0.05) is 11.1 Å². The standard InChI is InChI=1S/C21H20N4O2S/c1-14-7-10-18(11-8-14)28(26,27)24-19-6-4-5-17-9-12-20(22-21(17)19)25-16(3)13-15(2)23-25/h4-13,24H,1-3H3. The van der Waals surface area contributed by atoms with Gasteiger partial charge in [-0.2, -0.15) is 5.10 Å². The quantitative estimate of drug-likeness (QED) is 0.566. The first-order chi connectivity index (χ1) is 13.3. The first kappa shape index (κ1) is 18.2. The summed E-state index contributed by atoms with van der Waals surface area (Å²) in [7, 11) is -3.72. The molecule has 6 nitrogen and oxygen atoms in total. The number of hydrogen-bond donors (Lipinski definition) is 1. The molecule has 142 valence electrons. The van der Waals surface area contributed by atoms with Gasteiger partial charge in [0.2, 0.25) is 0 Å². The van der Waals surface area contributed by atoms with Gasteiger partial charge in [0.15, 0.2) is 5.82 Å². The summed E-state index contributed by atoms with van der Waals surface area (Å²) < 4.78 is 30.1. The Kier molecular flexibility index (Phi) is 4.39. The Morgan fingerprint density at radius 2 is 1.68 bits per heavy atom. The van der Waals surface area contributed by atoms with Crippen molar-refractivity contribution < 1.29 is 8.42 Å². The molecule has 2 aromatic carbocycles. The number of nitrogens with zero attached hydrogens (tertiary/aromatic N) is 3. The lowest BCUT2D eigenvalue weighted by Crippen LogP contribution is -2.13. The topological polar surface area (TPSA) is 76.9 Å². The summed E-state index contributed by atoms with van der Waals surface area (Å²) in [5, 5.41) is 5.30. The summed E-state index contributed by atoms with van der Waals surface area (Å²) in [6.07, 6.45) is 0. The van der Waals surface area contributed by atoms with Crippen molar-refractivity contribution in [2.24, 2.45) is 0 Å². The Labute approximate surface area is 163 Å². The van der Waals surface area contributed by atoms with E-state index in [0.29, 0.717) is 17.0 Å². The van der Waals surface area contributed by atoms with Crippen LogP contribution in [0.1, 0.15) is 17.0 Å². The van der Waals surface area contributed by atoms with Crippen LogP contribution in [0.4, 0.5) is 5.69 Å². The minimum absolute atomic E-state index is 0.213. The number of aryl methyl sites for hydroxylation is 3. The Hall–Kier alpha value is -3.19. The van der Waals surface area contributed by atoms with E-state index in [4.69, 9.17) is 0 Å². The number of sulfonamides is 1. The molecule has 0 aliphatic heterocycles. The highest BCUT2D eigenvalue weighted by Crippen LogP contribution is 2.26. The van der Waals surface area contributed by atoms with Crippen molar-refractivity contribution >= 4 is 26.6 Å². The Morgan fingerprint density at radius 3 is 2.36 bits per heavy atom. The maximum Gasteiger partial charge on any atom is 0.261 e. The van der Waals surface area contributed by atoms with Crippen LogP contribution in [-0.2, 0) is 10.0 Å². The van der Waals surface area contributed by atoms with Crippen LogP contribution in [0, 0.1) is 20.8 Å². The molecule has 0 amide bonds. The van der Waals surface area contributed by atoms with Gasteiger partial charge in [0.25, 0.3) is 10.0 Å². The average molecular weight is 392 g/mol. The van der Waals surface area contributed by atoms with E-state index in [1.165, 1.54) is 0 Å². The van der Waals surface area contributed by atoms with Crippen LogP contribution in [0.25, 0.3) is 16.7 Å². The lowest BCUT2D eigenvalue weighted by atomic mass is 10.2. The van der Waals surface area contributed by atoms with E-state index in [1.54, 1.807) is 41.1 Å². The molecule has 0 aliphatic rings. The summed E-state index contributed by atoms with van der Waals surface area (Å²) in [4.78, 5) is 4.90. The molecule has 1 N–H and O–H groups in total. The predicted octanol–water partition coefficient (Wildman–Crippen LogP) is 4.15. The van der Waals surface area contributed by atoms with E-state index in [9.17, 15) is 8.42 Å². The third kappa shape index (κ3) is 3.36. The number of benzene rings is 2. The van der Waals surface area contributed by atoms with Gasteiger partial charge in [-0.05, 0) is 57.2 Å². The molecule has 7 heteroatoms. The van der Waals surface area contributed by atoms with Crippen LogP contribution in [0.2, 0.25) is 0 Å². The van der Waals surface area contributed by atoms with E-state index in [1.807, 2.05) is 45.0 Å². The summed E-state index contributed by atoms with van der Waals surface area (Å²) in [6, 6.07) is 17.9. The average Bonchev–Trinajstić information content (AvgIpc) is 3.00. The molecule has 0 bridgehead atoms. The summed E-state index contributed by atoms with van der Waals surface area (Å²) in [5.74, 6) is 0.639. The molecule has 28 heavy (non-hydrogen) atoms. The van der Waals surface area contributed by atoms with Crippen LogP contribution >= 0.6 is 0 Å². The van der Waals surface area contributed by atoms with Gasteiger partial charge in [-0.15, -0.1) is 0 Å². The highest BCUT2D eigenvalue weighted by molar-refractivity contribution is 7.92. The number of fused-ring (bicyclic) bond motifs is 1. The van der Waals surface area contributed by atoms with Gasteiger partial charge >= 0.3 is 0 Å². The molecular formula is C21H20N4O2S. The third-order valence-corrected chi connectivity index (χ3v) is 5.89. The monoisotopic (exact) mass is 392 g/mol. The van der Waals surface area contributed by atoms with Crippen molar-refractivity contribution in [1.29, 1.82) is 0 Å². The van der Waals surface area contributed by atoms with E-state index >= 15 is 0 Å². The Morgan fingerprint density at radius 1 is 0.929 bits per heavy atom. The fourth-order valence-electron chi connectivity index (χ4n) is 3.12. The van der Waals surface area contributed by atoms with Gasteiger partial charge in [-0.3, -0.25) is 4.72 Å². The van der Waals surface area contributed by atoms with Gasteiger partial charge < -0.3 is 0 Å². The zero-order valence-corrected chi connectivity index (χ0v) is 16.7. The fourth-order valence-corrected chi connectivity index (χ4v) is 4.19. The number of hydrogen-bond acceptors (Lipinski definition) is 4. The SMILES string of the molecule is Cc1ccc(S(=O)(=O)Nc2cccc3ccc(-n4nc(C)cc4C)nc23)cc1. The second-order valence-electron chi connectivity index (χ2n) is 6.80. The summed E-state index contributed by atoms with van der Waals surface area (Å²) >= 11 is 0. The van der Waals surface area contributed by atoms with Crippen molar-refractivity contribution in [2.45, 2.75) is 25.7 Å². The van der Waals surface area contributed by atoms with Crippen LogP contribution in [0.15, 0.2) is 65.6 Å². The minimum atomic E-state index is -3.72. The van der Waals surface area contributed by atoms with Gasteiger partial charge in [0.1, 0.15) is 0 Å². The van der Waals surface area contributed by atoms with E-state index in [-0.39, 0.29) is 4.90 Å². The molecule has 4 rings (SSSR count). The van der Waals surface area contributed by atoms with Crippen LogP contribution < -0.4 is 4.72 Å². The molecule has 0 saturated heterocycles. The molecule has 0 unspecified atom stereocenters. The van der Waals surface area contributed by atoms with Gasteiger partial charge in [-0.1, -0.05) is 29.8 Å². The second kappa shape index (κ2) is 6.76. The number of aromatic nitrogens is 3. The van der Waals surface area contributed by atoms with E-state index in [2.05, 4.69) is 14.8 Å². The van der Waals surface area contributed by atoms with E-state index in [0.717, 1.165) is 22.3 Å². The van der Waals surface area contributed by atoms with E-state index < -0.39 is 10.0 Å². The molecule has 0 atom stereocenters. The number of rotatable bonds is 4. The molecule has 0 radical (unpaired) electrons. The molecule has 0 spiro atoms. The maximum atomic E-state index is 12.8. The molecular weight excluding hydrogens is 372 g/mol. The number of anilines is 1.